The Morgan fingerprint density at radius 1 is 1.22 bits per heavy atom. The lowest BCUT2D eigenvalue weighted by atomic mass is 10.0. The Hall–Kier alpha value is -2.67. The summed E-state index contributed by atoms with van der Waals surface area (Å²) in [4.78, 5) is 27.5. The lowest BCUT2D eigenvalue weighted by Crippen LogP contribution is -2.50. The Morgan fingerprint density at radius 2 is 2.00 bits per heavy atom. The maximum atomic E-state index is 13.5. The van der Waals surface area contributed by atoms with Crippen molar-refractivity contribution in [3.8, 4) is 5.75 Å². The van der Waals surface area contributed by atoms with Crippen LogP contribution in [-0.4, -0.2) is 58.5 Å². The molecule has 1 saturated heterocycles. The van der Waals surface area contributed by atoms with Gasteiger partial charge in [0.25, 0.3) is 5.91 Å². The largest absolute Gasteiger partial charge is 0.478 e. The molecule has 0 aliphatic carbocycles. The average Bonchev–Trinajstić information content (AvgIpc) is 3.20. The molecule has 0 spiro atoms. The molecule has 0 bridgehead atoms. The molecule has 2 aliphatic rings. The number of carbonyl (C=O) groups excluding carboxylic acids is 1. The summed E-state index contributed by atoms with van der Waals surface area (Å²) in [6.07, 6.45) is 2.96. The Balaban J connectivity index is 1.57. The molecule has 1 amide bonds. The summed E-state index contributed by atoms with van der Waals surface area (Å²) in [6, 6.07) is 6.19. The molecule has 3 heterocycles. The number of ether oxygens (including phenoxy) is 1. The van der Waals surface area contributed by atoms with Crippen molar-refractivity contribution < 1.29 is 9.53 Å². The summed E-state index contributed by atoms with van der Waals surface area (Å²) in [7, 11) is 4.03. The first-order valence-corrected chi connectivity index (χ1v) is 11.5. The number of nitrogens with zero attached hydrogens (tertiary/aromatic N) is 4. The standard InChI is InChI=1S/C25H35N5O2/c1-16-9-7-11-21(17(16)2)32-25(3,4)24(31)30-14-12-18-19(15-30)27-23(28-22(18)26-5)20-10-8-13-29(20)6/h7,9,11,20H,8,10,12-15H2,1-6H3,(H,26,27,28)/t20-/m1/s1. The van der Waals surface area contributed by atoms with E-state index in [4.69, 9.17) is 14.7 Å². The fourth-order valence-electron chi connectivity index (χ4n) is 4.75. The van der Waals surface area contributed by atoms with Crippen molar-refractivity contribution in [2.75, 3.05) is 32.5 Å². The number of carbonyl (C=O) groups is 1. The summed E-state index contributed by atoms with van der Waals surface area (Å²) in [5.41, 5.74) is 3.31. The first-order valence-electron chi connectivity index (χ1n) is 11.5. The van der Waals surface area contributed by atoms with Crippen molar-refractivity contribution in [1.82, 2.24) is 19.8 Å². The van der Waals surface area contributed by atoms with Crippen LogP contribution >= 0.6 is 0 Å². The van der Waals surface area contributed by atoms with Crippen LogP contribution in [0.4, 0.5) is 5.82 Å². The molecule has 7 nitrogen and oxygen atoms in total. The molecule has 7 heteroatoms. The predicted molar refractivity (Wildman–Crippen MR) is 126 cm³/mol. The number of anilines is 1. The molecule has 0 radical (unpaired) electrons. The topological polar surface area (TPSA) is 70.6 Å². The second kappa shape index (κ2) is 8.70. The van der Waals surface area contributed by atoms with Gasteiger partial charge < -0.3 is 15.0 Å². The van der Waals surface area contributed by atoms with Gasteiger partial charge in [0, 0.05) is 19.2 Å². The summed E-state index contributed by atoms with van der Waals surface area (Å²) < 4.78 is 6.24. The number of hydrogen-bond donors (Lipinski definition) is 1. The number of fused-ring (bicyclic) bond motifs is 1. The van der Waals surface area contributed by atoms with E-state index in [0.717, 1.165) is 65.6 Å². The van der Waals surface area contributed by atoms with Gasteiger partial charge in [0.2, 0.25) is 0 Å². The Morgan fingerprint density at radius 3 is 2.69 bits per heavy atom. The lowest BCUT2D eigenvalue weighted by Gasteiger charge is -2.36. The van der Waals surface area contributed by atoms with Crippen LogP contribution in [0.3, 0.4) is 0 Å². The Kier molecular flexibility index (Phi) is 6.12. The van der Waals surface area contributed by atoms with Crippen LogP contribution in [0.25, 0.3) is 0 Å². The van der Waals surface area contributed by atoms with Gasteiger partial charge in [0.15, 0.2) is 5.60 Å². The van der Waals surface area contributed by atoms with Crippen molar-refractivity contribution in [3.05, 3.63) is 46.4 Å². The molecule has 2 aliphatic heterocycles. The van der Waals surface area contributed by atoms with Crippen LogP contribution in [0.2, 0.25) is 0 Å². The molecule has 32 heavy (non-hydrogen) atoms. The number of hydrogen-bond acceptors (Lipinski definition) is 6. The van der Waals surface area contributed by atoms with E-state index in [9.17, 15) is 4.79 Å². The first kappa shape index (κ1) is 22.5. The summed E-state index contributed by atoms with van der Waals surface area (Å²) in [6.45, 7) is 9.96. The van der Waals surface area contributed by atoms with Gasteiger partial charge in [-0.3, -0.25) is 9.69 Å². The van der Waals surface area contributed by atoms with Crippen LogP contribution < -0.4 is 10.1 Å². The maximum Gasteiger partial charge on any atom is 0.266 e. The van der Waals surface area contributed by atoms with E-state index in [1.165, 1.54) is 0 Å². The average molecular weight is 438 g/mol. The second-order valence-electron chi connectivity index (χ2n) is 9.53. The molecule has 172 valence electrons. The highest BCUT2D eigenvalue weighted by atomic mass is 16.5. The van der Waals surface area contributed by atoms with Crippen LogP contribution in [-0.2, 0) is 17.8 Å². The van der Waals surface area contributed by atoms with E-state index in [1.807, 2.05) is 44.9 Å². The third kappa shape index (κ3) is 4.18. The predicted octanol–water partition coefficient (Wildman–Crippen LogP) is 3.64. The molecular weight excluding hydrogens is 402 g/mol. The van der Waals surface area contributed by atoms with Crippen molar-refractivity contribution in [2.24, 2.45) is 0 Å². The Labute approximate surface area is 191 Å². The molecule has 4 rings (SSSR count). The number of aromatic nitrogens is 2. The minimum absolute atomic E-state index is 0.0202. The van der Waals surface area contributed by atoms with Gasteiger partial charge >= 0.3 is 0 Å². The SMILES string of the molecule is CNc1nc([C@H]2CCCN2C)nc2c1CCN(C(=O)C(C)(C)Oc1cccc(C)c1C)C2. The monoisotopic (exact) mass is 437 g/mol. The number of likely N-dealkylation sites (tertiary alicyclic amines) is 1. The van der Waals surface area contributed by atoms with Gasteiger partial charge in [0.05, 0.1) is 18.3 Å². The summed E-state index contributed by atoms with van der Waals surface area (Å²) in [5.74, 6) is 2.48. The van der Waals surface area contributed by atoms with Crippen LogP contribution in [0, 0.1) is 13.8 Å². The van der Waals surface area contributed by atoms with Crippen molar-refractivity contribution in [3.63, 3.8) is 0 Å². The van der Waals surface area contributed by atoms with E-state index in [2.05, 4.69) is 30.3 Å². The van der Waals surface area contributed by atoms with Crippen molar-refractivity contribution in [2.45, 2.75) is 65.1 Å². The van der Waals surface area contributed by atoms with Crippen LogP contribution in [0.1, 0.15) is 60.9 Å². The van der Waals surface area contributed by atoms with E-state index < -0.39 is 5.60 Å². The fraction of sp³-hybridized carbons (Fsp3) is 0.560. The molecule has 1 atom stereocenters. The second-order valence-corrected chi connectivity index (χ2v) is 9.53. The van der Waals surface area contributed by atoms with Gasteiger partial charge in [-0.15, -0.1) is 0 Å². The number of rotatable bonds is 5. The molecule has 0 saturated carbocycles. The molecule has 1 fully saturated rings. The Bertz CT molecular complexity index is 1020. The number of amides is 1. The third-order valence-electron chi connectivity index (χ3n) is 6.86. The van der Waals surface area contributed by atoms with Crippen molar-refractivity contribution >= 4 is 11.7 Å². The first-order chi connectivity index (χ1) is 15.2. The molecule has 0 unspecified atom stereocenters. The highest BCUT2D eigenvalue weighted by Crippen LogP contribution is 2.33. The zero-order valence-electron chi connectivity index (χ0n) is 20.2. The summed E-state index contributed by atoms with van der Waals surface area (Å²) in [5, 5.41) is 3.25. The number of aryl methyl sites for hydroxylation is 1. The minimum atomic E-state index is -0.969. The molecule has 1 N–H and O–H groups in total. The maximum absolute atomic E-state index is 13.5. The highest BCUT2D eigenvalue weighted by molar-refractivity contribution is 5.85. The quantitative estimate of drug-likeness (QED) is 0.770. The van der Waals surface area contributed by atoms with E-state index >= 15 is 0 Å². The van der Waals surface area contributed by atoms with Gasteiger partial charge in [-0.25, -0.2) is 9.97 Å². The van der Waals surface area contributed by atoms with E-state index in [0.29, 0.717) is 13.1 Å². The van der Waals surface area contributed by atoms with Crippen LogP contribution in [0.15, 0.2) is 18.2 Å². The highest BCUT2D eigenvalue weighted by Gasteiger charge is 2.37. The molecule has 1 aromatic heterocycles. The molecule has 1 aromatic carbocycles. The van der Waals surface area contributed by atoms with Gasteiger partial charge in [-0.05, 0) is 77.7 Å². The number of nitrogens with one attached hydrogen (secondary N) is 1. The van der Waals surface area contributed by atoms with Crippen molar-refractivity contribution in [1.29, 1.82) is 0 Å². The van der Waals surface area contributed by atoms with Gasteiger partial charge in [0.1, 0.15) is 17.4 Å². The van der Waals surface area contributed by atoms with Gasteiger partial charge in [-0.2, -0.15) is 0 Å². The van der Waals surface area contributed by atoms with E-state index in [1.54, 1.807) is 0 Å². The van der Waals surface area contributed by atoms with Gasteiger partial charge in [-0.1, -0.05) is 12.1 Å². The number of benzene rings is 1. The fourth-order valence-corrected chi connectivity index (χ4v) is 4.75. The summed E-state index contributed by atoms with van der Waals surface area (Å²) >= 11 is 0. The third-order valence-corrected chi connectivity index (χ3v) is 6.86. The normalized spacial score (nSPS) is 19.1. The zero-order valence-corrected chi connectivity index (χ0v) is 20.2. The smallest absolute Gasteiger partial charge is 0.266 e. The van der Waals surface area contributed by atoms with Crippen LogP contribution in [0.5, 0.6) is 5.75 Å². The minimum Gasteiger partial charge on any atom is -0.478 e. The van der Waals surface area contributed by atoms with E-state index in [-0.39, 0.29) is 11.9 Å². The lowest BCUT2D eigenvalue weighted by molar-refractivity contribution is -0.146. The molecular formula is C25H35N5O2. The zero-order chi connectivity index (χ0) is 23.0. The molecule has 2 aromatic rings.